The highest BCUT2D eigenvalue weighted by atomic mass is 16.7. The molecule has 0 saturated carbocycles. The van der Waals surface area contributed by atoms with Crippen molar-refractivity contribution in [1.82, 2.24) is 0 Å². The molecule has 0 radical (unpaired) electrons. The lowest BCUT2D eigenvalue weighted by atomic mass is 9.97. The molecule has 0 spiro atoms. The van der Waals surface area contributed by atoms with Crippen molar-refractivity contribution in [2.75, 3.05) is 0 Å². The van der Waals surface area contributed by atoms with Gasteiger partial charge in [-0.1, -0.05) is 60.7 Å². The van der Waals surface area contributed by atoms with Crippen LogP contribution in [0.3, 0.4) is 0 Å². The van der Waals surface area contributed by atoms with Crippen molar-refractivity contribution in [3.05, 3.63) is 94.0 Å². The van der Waals surface area contributed by atoms with Gasteiger partial charge in [0.25, 0.3) is 0 Å². The Kier molecular flexibility index (Phi) is 3.83. The van der Waals surface area contributed by atoms with Crippen LogP contribution in [0.2, 0.25) is 0 Å². The Bertz CT molecular complexity index is 1020. The molecule has 0 N–H and O–H groups in total. The second kappa shape index (κ2) is 6.20. The molecular formula is C23H16N2O2. The van der Waals surface area contributed by atoms with E-state index in [0.29, 0.717) is 33.8 Å². The van der Waals surface area contributed by atoms with Crippen LogP contribution in [0.15, 0.2) is 60.7 Å². The van der Waals surface area contributed by atoms with Crippen LogP contribution in [0, 0.1) is 36.5 Å². The SMILES string of the molecule is Cc1c(C#N)c(C#N)c(C)c2c1OC(c1ccccc1)(c1ccccc1)O2. The van der Waals surface area contributed by atoms with Gasteiger partial charge in [-0.25, -0.2) is 0 Å². The van der Waals surface area contributed by atoms with E-state index in [9.17, 15) is 10.5 Å². The van der Waals surface area contributed by atoms with Gasteiger partial charge < -0.3 is 9.47 Å². The number of hydrogen-bond donors (Lipinski definition) is 0. The van der Waals surface area contributed by atoms with E-state index in [4.69, 9.17) is 9.47 Å². The zero-order valence-electron chi connectivity index (χ0n) is 15.0. The molecule has 3 aromatic carbocycles. The van der Waals surface area contributed by atoms with E-state index in [0.717, 1.165) is 11.1 Å². The number of nitrogens with zero attached hydrogens (tertiary/aromatic N) is 2. The van der Waals surface area contributed by atoms with Crippen LogP contribution in [-0.4, -0.2) is 0 Å². The van der Waals surface area contributed by atoms with E-state index in [1.54, 1.807) is 13.8 Å². The minimum atomic E-state index is -1.17. The van der Waals surface area contributed by atoms with Gasteiger partial charge in [-0.05, 0) is 13.8 Å². The molecule has 130 valence electrons. The lowest BCUT2D eigenvalue weighted by Crippen LogP contribution is -2.36. The van der Waals surface area contributed by atoms with Crippen LogP contribution >= 0.6 is 0 Å². The van der Waals surface area contributed by atoms with E-state index >= 15 is 0 Å². The van der Waals surface area contributed by atoms with Crippen molar-refractivity contribution in [1.29, 1.82) is 10.5 Å². The third kappa shape index (κ3) is 2.35. The highest BCUT2D eigenvalue weighted by Gasteiger charge is 2.47. The molecule has 0 aromatic heterocycles. The molecule has 0 amide bonds. The lowest BCUT2D eigenvalue weighted by Gasteiger charge is -2.28. The summed E-state index contributed by atoms with van der Waals surface area (Å²) in [5, 5.41) is 19.1. The van der Waals surface area contributed by atoms with Crippen LogP contribution < -0.4 is 9.47 Å². The van der Waals surface area contributed by atoms with Gasteiger partial charge in [-0.2, -0.15) is 10.5 Å². The monoisotopic (exact) mass is 352 g/mol. The van der Waals surface area contributed by atoms with E-state index in [-0.39, 0.29) is 0 Å². The summed E-state index contributed by atoms with van der Waals surface area (Å²) in [5.74, 6) is -0.146. The Labute approximate surface area is 157 Å². The van der Waals surface area contributed by atoms with Gasteiger partial charge in [0, 0.05) is 22.3 Å². The summed E-state index contributed by atoms with van der Waals surface area (Å²) < 4.78 is 12.9. The molecule has 4 heteroatoms. The van der Waals surface area contributed by atoms with Crippen LogP contribution in [-0.2, 0) is 5.79 Å². The van der Waals surface area contributed by atoms with Crippen LogP contribution in [0.5, 0.6) is 11.5 Å². The quantitative estimate of drug-likeness (QED) is 0.669. The number of nitriles is 2. The van der Waals surface area contributed by atoms with Crippen LogP contribution in [0.1, 0.15) is 33.4 Å². The third-order valence-corrected chi connectivity index (χ3v) is 4.91. The van der Waals surface area contributed by atoms with Crippen molar-refractivity contribution in [3.8, 4) is 23.6 Å². The first-order valence-electron chi connectivity index (χ1n) is 8.59. The molecule has 3 aromatic rings. The van der Waals surface area contributed by atoms with Crippen LogP contribution in [0.25, 0.3) is 0 Å². The van der Waals surface area contributed by atoms with Gasteiger partial charge >= 0.3 is 5.79 Å². The van der Waals surface area contributed by atoms with Crippen molar-refractivity contribution in [2.45, 2.75) is 19.6 Å². The maximum atomic E-state index is 9.55. The number of rotatable bonds is 2. The minimum Gasteiger partial charge on any atom is -0.440 e. The van der Waals surface area contributed by atoms with Crippen molar-refractivity contribution in [2.24, 2.45) is 0 Å². The zero-order valence-corrected chi connectivity index (χ0v) is 15.0. The first-order valence-corrected chi connectivity index (χ1v) is 8.59. The largest absolute Gasteiger partial charge is 0.440 e. The summed E-state index contributed by atoms with van der Waals surface area (Å²) in [4.78, 5) is 0. The van der Waals surface area contributed by atoms with Gasteiger partial charge in [-0.15, -0.1) is 0 Å². The second-order valence-electron chi connectivity index (χ2n) is 6.43. The Morgan fingerprint density at radius 3 is 1.37 bits per heavy atom. The Morgan fingerprint density at radius 2 is 1.04 bits per heavy atom. The standard InChI is InChI=1S/C23H16N2O2/c1-15-19(13-24)20(14-25)16(2)22-21(15)26-23(27-22,17-9-5-3-6-10-17)18-11-7-4-8-12-18/h3-12H,1-2H3. The van der Waals surface area contributed by atoms with Crippen molar-refractivity contribution >= 4 is 0 Å². The maximum absolute atomic E-state index is 9.55. The van der Waals surface area contributed by atoms with E-state index in [1.807, 2.05) is 60.7 Å². The number of benzene rings is 3. The summed E-state index contributed by atoms with van der Waals surface area (Å²) in [5.41, 5.74) is 3.56. The molecular weight excluding hydrogens is 336 g/mol. The average Bonchev–Trinajstić information content (AvgIpc) is 3.14. The summed E-state index contributed by atoms with van der Waals surface area (Å²) in [6.45, 7) is 3.57. The van der Waals surface area contributed by atoms with Gasteiger partial charge in [0.05, 0.1) is 11.1 Å². The molecule has 0 bridgehead atoms. The number of ether oxygens (including phenoxy) is 2. The smallest absolute Gasteiger partial charge is 0.305 e. The predicted octanol–water partition coefficient (Wildman–Crippen LogP) is 4.72. The summed E-state index contributed by atoms with van der Waals surface area (Å²) in [6.07, 6.45) is 0. The van der Waals surface area contributed by atoms with Crippen molar-refractivity contribution < 1.29 is 9.47 Å². The highest BCUT2D eigenvalue weighted by molar-refractivity contribution is 5.68. The molecule has 1 aliphatic heterocycles. The fourth-order valence-corrected chi connectivity index (χ4v) is 3.49. The van der Waals surface area contributed by atoms with Crippen molar-refractivity contribution in [3.63, 3.8) is 0 Å². The van der Waals surface area contributed by atoms with E-state index < -0.39 is 5.79 Å². The lowest BCUT2D eigenvalue weighted by molar-refractivity contribution is -0.0464. The third-order valence-electron chi connectivity index (χ3n) is 4.91. The first-order chi connectivity index (χ1) is 13.1. The van der Waals surface area contributed by atoms with Gasteiger partial charge in [0.15, 0.2) is 11.5 Å². The molecule has 0 aliphatic carbocycles. The molecule has 4 nitrogen and oxygen atoms in total. The minimum absolute atomic E-state index is 0.328. The molecule has 1 aliphatic rings. The molecule has 0 fully saturated rings. The second-order valence-corrected chi connectivity index (χ2v) is 6.43. The highest BCUT2D eigenvalue weighted by Crippen LogP contribution is 2.52. The number of hydrogen-bond acceptors (Lipinski definition) is 4. The van der Waals surface area contributed by atoms with Gasteiger partial charge in [0.1, 0.15) is 12.1 Å². The first kappa shape index (κ1) is 16.7. The molecule has 0 atom stereocenters. The fraction of sp³-hybridized carbons (Fsp3) is 0.130. The summed E-state index contributed by atoms with van der Waals surface area (Å²) in [6, 6.07) is 23.6. The number of fused-ring (bicyclic) bond motifs is 1. The fourth-order valence-electron chi connectivity index (χ4n) is 3.49. The molecule has 1 heterocycles. The van der Waals surface area contributed by atoms with Gasteiger partial charge in [0.2, 0.25) is 0 Å². The molecule has 0 saturated heterocycles. The molecule has 27 heavy (non-hydrogen) atoms. The topological polar surface area (TPSA) is 66.0 Å². The maximum Gasteiger partial charge on any atom is 0.305 e. The molecule has 0 unspecified atom stereocenters. The molecule has 4 rings (SSSR count). The zero-order chi connectivity index (χ0) is 19.0. The average molecular weight is 352 g/mol. The van der Waals surface area contributed by atoms with E-state index in [1.165, 1.54) is 0 Å². The Morgan fingerprint density at radius 1 is 0.667 bits per heavy atom. The summed E-state index contributed by atoms with van der Waals surface area (Å²) in [7, 11) is 0. The van der Waals surface area contributed by atoms with E-state index in [2.05, 4.69) is 12.1 Å². The predicted molar refractivity (Wildman–Crippen MR) is 100 cm³/mol. The Balaban J connectivity index is 2.00. The summed E-state index contributed by atoms with van der Waals surface area (Å²) >= 11 is 0. The Hall–Kier alpha value is -3.76. The van der Waals surface area contributed by atoms with Gasteiger partial charge in [-0.3, -0.25) is 0 Å². The van der Waals surface area contributed by atoms with Crippen LogP contribution in [0.4, 0.5) is 0 Å². The normalized spacial score (nSPS) is 13.6.